The first-order valence-electron chi connectivity index (χ1n) is 10.3. The third-order valence-electron chi connectivity index (χ3n) is 5.77. The predicted molar refractivity (Wildman–Crippen MR) is 115 cm³/mol. The molecule has 7 nitrogen and oxygen atoms in total. The molecule has 2 fully saturated rings. The maximum atomic E-state index is 11.8. The molecule has 30 heavy (non-hydrogen) atoms. The van der Waals surface area contributed by atoms with Crippen LogP contribution in [0.5, 0.6) is 16.7 Å². The molecule has 2 aliphatic rings. The van der Waals surface area contributed by atoms with Crippen LogP contribution in [-0.2, 0) is 4.79 Å². The zero-order chi connectivity index (χ0) is 20.5. The molecule has 2 aliphatic heterocycles. The molecule has 1 aromatic carbocycles. The molecule has 8 heteroatoms. The standard InChI is InChI=1S/C22H24N4O3S/c1-15(27)26-16-4-5-17(26)14-25(13-16)11-12-28-18-6-8-19(9-7-18)29-22-24-21-20(30-22)3-2-10-23-21/h2-3,6-10,16-17H,4-5,11-14H2,1H3. The summed E-state index contributed by atoms with van der Waals surface area (Å²) in [4.78, 5) is 24.9. The number of likely N-dealkylation sites (tertiary alicyclic amines) is 1. The third-order valence-corrected chi connectivity index (χ3v) is 6.66. The highest BCUT2D eigenvalue weighted by molar-refractivity contribution is 7.20. The summed E-state index contributed by atoms with van der Waals surface area (Å²) in [5, 5.41) is 0.580. The molecule has 0 N–H and O–H groups in total. The molecule has 156 valence electrons. The minimum Gasteiger partial charge on any atom is -0.492 e. The lowest BCUT2D eigenvalue weighted by Gasteiger charge is -2.40. The molecule has 5 rings (SSSR count). The quantitative estimate of drug-likeness (QED) is 0.603. The fourth-order valence-electron chi connectivity index (χ4n) is 4.48. The van der Waals surface area contributed by atoms with Gasteiger partial charge in [-0.3, -0.25) is 9.69 Å². The normalized spacial score (nSPS) is 21.2. The SMILES string of the molecule is CC(=O)N1C2CCC1CN(CCOc1ccc(Oc3nc4ncccc4s3)cc1)C2. The Morgan fingerprint density at radius 1 is 1.13 bits per heavy atom. The first-order chi connectivity index (χ1) is 14.7. The number of rotatable bonds is 6. The van der Waals surface area contributed by atoms with Crippen molar-refractivity contribution in [2.24, 2.45) is 0 Å². The van der Waals surface area contributed by atoms with E-state index in [4.69, 9.17) is 9.47 Å². The van der Waals surface area contributed by atoms with E-state index in [1.165, 1.54) is 11.3 Å². The van der Waals surface area contributed by atoms with E-state index >= 15 is 0 Å². The summed E-state index contributed by atoms with van der Waals surface area (Å²) < 4.78 is 12.8. The molecular formula is C22H24N4O3S. The number of aromatic nitrogens is 2. The average molecular weight is 425 g/mol. The molecule has 0 spiro atoms. The number of carbonyl (C=O) groups is 1. The highest BCUT2D eigenvalue weighted by atomic mass is 32.1. The van der Waals surface area contributed by atoms with Gasteiger partial charge in [0.1, 0.15) is 18.1 Å². The number of hydrogen-bond donors (Lipinski definition) is 0. The van der Waals surface area contributed by atoms with E-state index in [1.807, 2.05) is 36.4 Å². The highest BCUT2D eigenvalue weighted by Gasteiger charge is 2.40. The topological polar surface area (TPSA) is 67.8 Å². The van der Waals surface area contributed by atoms with Crippen molar-refractivity contribution in [1.29, 1.82) is 0 Å². The number of ether oxygens (including phenoxy) is 2. The van der Waals surface area contributed by atoms with Gasteiger partial charge in [-0.2, -0.15) is 4.98 Å². The Bertz CT molecular complexity index is 991. The summed E-state index contributed by atoms with van der Waals surface area (Å²) in [6.45, 7) is 5.08. The van der Waals surface area contributed by atoms with Gasteiger partial charge in [-0.1, -0.05) is 11.3 Å². The largest absolute Gasteiger partial charge is 0.492 e. The van der Waals surface area contributed by atoms with Gasteiger partial charge in [0.05, 0.1) is 4.70 Å². The van der Waals surface area contributed by atoms with E-state index in [9.17, 15) is 4.79 Å². The number of piperazine rings is 1. The molecule has 2 atom stereocenters. The van der Waals surface area contributed by atoms with Gasteiger partial charge in [0.25, 0.3) is 5.19 Å². The summed E-state index contributed by atoms with van der Waals surface area (Å²) >= 11 is 1.48. The van der Waals surface area contributed by atoms with Crippen molar-refractivity contribution in [1.82, 2.24) is 19.8 Å². The number of carbonyl (C=O) groups excluding carboxylic acids is 1. The van der Waals surface area contributed by atoms with Gasteiger partial charge < -0.3 is 14.4 Å². The van der Waals surface area contributed by atoms with Crippen LogP contribution >= 0.6 is 11.3 Å². The van der Waals surface area contributed by atoms with Crippen LogP contribution in [0.1, 0.15) is 19.8 Å². The van der Waals surface area contributed by atoms with Gasteiger partial charge in [0.2, 0.25) is 5.91 Å². The predicted octanol–water partition coefficient (Wildman–Crippen LogP) is 3.56. The van der Waals surface area contributed by atoms with Crippen molar-refractivity contribution < 1.29 is 14.3 Å². The van der Waals surface area contributed by atoms with Gasteiger partial charge in [-0.15, -0.1) is 0 Å². The van der Waals surface area contributed by atoms with Crippen LogP contribution in [0.4, 0.5) is 0 Å². The fourth-order valence-corrected chi connectivity index (χ4v) is 5.27. The van der Waals surface area contributed by atoms with Gasteiger partial charge in [0, 0.05) is 44.8 Å². The van der Waals surface area contributed by atoms with Crippen LogP contribution in [0.25, 0.3) is 10.3 Å². The fraction of sp³-hybridized carbons (Fsp3) is 0.409. The lowest BCUT2D eigenvalue weighted by Crippen LogP contribution is -2.55. The molecule has 2 unspecified atom stereocenters. The van der Waals surface area contributed by atoms with Crippen molar-refractivity contribution in [3.8, 4) is 16.7 Å². The van der Waals surface area contributed by atoms with Gasteiger partial charge in [-0.05, 0) is 49.2 Å². The van der Waals surface area contributed by atoms with Crippen LogP contribution in [0.3, 0.4) is 0 Å². The number of benzene rings is 1. The molecule has 2 bridgehead atoms. The van der Waals surface area contributed by atoms with E-state index in [0.29, 0.717) is 29.5 Å². The zero-order valence-electron chi connectivity index (χ0n) is 16.9. The van der Waals surface area contributed by atoms with Crippen molar-refractivity contribution >= 4 is 27.6 Å². The van der Waals surface area contributed by atoms with Crippen LogP contribution < -0.4 is 9.47 Å². The van der Waals surface area contributed by atoms with E-state index in [1.54, 1.807) is 13.1 Å². The molecule has 0 saturated carbocycles. The number of nitrogens with zero attached hydrogens (tertiary/aromatic N) is 4. The summed E-state index contributed by atoms with van der Waals surface area (Å²) in [6, 6.07) is 12.2. The Balaban J connectivity index is 1.11. The van der Waals surface area contributed by atoms with E-state index in [0.717, 1.165) is 48.7 Å². The molecule has 4 heterocycles. The summed E-state index contributed by atoms with van der Waals surface area (Å²) in [5.74, 6) is 1.75. The highest BCUT2D eigenvalue weighted by Crippen LogP contribution is 2.31. The lowest BCUT2D eigenvalue weighted by molar-refractivity contribution is -0.134. The Labute approximate surface area is 179 Å². The van der Waals surface area contributed by atoms with Crippen LogP contribution in [0.15, 0.2) is 42.6 Å². The van der Waals surface area contributed by atoms with Crippen molar-refractivity contribution in [3.05, 3.63) is 42.6 Å². The Morgan fingerprint density at radius 2 is 1.87 bits per heavy atom. The maximum absolute atomic E-state index is 11.8. The number of fused-ring (bicyclic) bond motifs is 3. The molecule has 0 aliphatic carbocycles. The summed E-state index contributed by atoms with van der Waals surface area (Å²) in [6.07, 6.45) is 3.97. The third kappa shape index (κ3) is 3.97. The molecule has 3 aromatic rings. The van der Waals surface area contributed by atoms with Crippen molar-refractivity contribution in [2.75, 3.05) is 26.2 Å². The second kappa shape index (κ2) is 8.20. The lowest BCUT2D eigenvalue weighted by atomic mass is 10.2. The zero-order valence-corrected chi connectivity index (χ0v) is 17.7. The summed E-state index contributed by atoms with van der Waals surface area (Å²) in [5.41, 5.74) is 0.704. The van der Waals surface area contributed by atoms with E-state index in [2.05, 4.69) is 19.8 Å². The van der Waals surface area contributed by atoms with Crippen molar-refractivity contribution in [2.45, 2.75) is 31.8 Å². The number of thiazole rings is 1. The second-order valence-electron chi connectivity index (χ2n) is 7.80. The monoisotopic (exact) mass is 424 g/mol. The number of pyridine rings is 1. The first kappa shape index (κ1) is 19.3. The van der Waals surface area contributed by atoms with Gasteiger partial charge in [-0.25, -0.2) is 4.98 Å². The van der Waals surface area contributed by atoms with E-state index < -0.39 is 0 Å². The van der Waals surface area contributed by atoms with Crippen LogP contribution in [-0.4, -0.2) is 64.0 Å². The minimum atomic E-state index is 0.211. The average Bonchev–Trinajstić information content (AvgIpc) is 3.27. The minimum absolute atomic E-state index is 0.211. The number of hydrogen-bond acceptors (Lipinski definition) is 7. The maximum Gasteiger partial charge on any atom is 0.281 e. The molecule has 2 saturated heterocycles. The first-order valence-corrected chi connectivity index (χ1v) is 11.1. The van der Waals surface area contributed by atoms with Gasteiger partial charge >= 0.3 is 0 Å². The molecule has 0 radical (unpaired) electrons. The van der Waals surface area contributed by atoms with Gasteiger partial charge in [0.15, 0.2) is 5.65 Å². The molecule has 1 amide bonds. The molecular weight excluding hydrogens is 400 g/mol. The summed E-state index contributed by atoms with van der Waals surface area (Å²) in [7, 11) is 0. The number of amides is 1. The Kier molecular flexibility index (Phi) is 5.26. The van der Waals surface area contributed by atoms with Crippen LogP contribution in [0, 0.1) is 0 Å². The molecule has 2 aromatic heterocycles. The smallest absolute Gasteiger partial charge is 0.281 e. The van der Waals surface area contributed by atoms with Crippen LogP contribution in [0.2, 0.25) is 0 Å². The second-order valence-corrected chi connectivity index (χ2v) is 8.79. The van der Waals surface area contributed by atoms with E-state index in [-0.39, 0.29) is 5.91 Å². The Hall–Kier alpha value is -2.71. The van der Waals surface area contributed by atoms with Crippen molar-refractivity contribution in [3.63, 3.8) is 0 Å². The Morgan fingerprint density at radius 3 is 2.57 bits per heavy atom.